The van der Waals surface area contributed by atoms with Gasteiger partial charge in [0.15, 0.2) is 5.76 Å². The number of amides is 1. The van der Waals surface area contributed by atoms with Gasteiger partial charge in [-0.2, -0.15) is 0 Å². The number of aliphatic hydroxyl groups is 1. The van der Waals surface area contributed by atoms with Crippen LogP contribution >= 0.6 is 11.3 Å². The van der Waals surface area contributed by atoms with Gasteiger partial charge in [-0.15, -0.1) is 11.3 Å². The standard InChI is InChI=1S/C32H29N5O3S/c1-17-15-23-24(16-18(17)2)35-32(34-23)37-26(20-11-13-22(14-12-20)36(4)5)25(28(39)31(37)40)27(38)29-19(3)33-30(41-29)21-9-7-6-8-10-21/h6-16,26,39H,1-5H3,(H,34,35). The van der Waals surface area contributed by atoms with E-state index in [0.717, 1.165) is 27.9 Å². The van der Waals surface area contributed by atoms with Crippen molar-refractivity contribution in [1.29, 1.82) is 0 Å². The van der Waals surface area contributed by atoms with Crippen LogP contribution in [-0.2, 0) is 4.79 Å². The van der Waals surface area contributed by atoms with E-state index in [4.69, 9.17) is 4.98 Å². The molecule has 3 heterocycles. The zero-order chi connectivity index (χ0) is 29.0. The molecule has 5 aromatic rings. The van der Waals surface area contributed by atoms with E-state index in [-0.39, 0.29) is 11.5 Å². The first-order chi connectivity index (χ1) is 19.6. The summed E-state index contributed by atoms with van der Waals surface area (Å²) in [5, 5.41) is 12.0. The number of aromatic amines is 1. The minimum atomic E-state index is -0.893. The van der Waals surface area contributed by atoms with Gasteiger partial charge in [0.1, 0.15) is 5.01 Å². The predicted molar refractivity (Wildman–Crippen MR) is 163 cm³/mol. The van der Waals surface area contributed by atoms with Crippen LogP contribution in [0.15, 0.2) is 78.1 Å². The first-order valence-corrected chi connectivity index (χ1v) is 14.0. The van der Waals surface area contributed by atoms with E-state index in [0.29, 0.717) is 26.7 Å². The Morgan fingerprint density at radius 2 is 1.66 bits per heavy atom. The highest BCUT2D eigenvalue weighted by Gasteiger charge is 2.46. The van der Waals surface area contributed by atoms with Crippen molar-refractivity contribution in [2.24, 2.45) is 0 Å². The van der Waals surface area contributed by atoms with Gasteiger partial charge in [0.25, 0.3) is 5.91 Å². The number of aliphatic hydroxyl groups excluding tert-OH is 1. The van der Waals surface area contributed by atoms with E-state index in [9.17, 15) is 14.7 Å². The van der Waals surface area contributed by atoms with Crippen molar-refractivity contribution < 1.29 is 14.7 Å². The summed E-state index contributed by atoms with van der Waals surface area (Å²) in [4.78, 5) is 44.3. The molecule has 6 rings (SSSR count). The highest BCUT2D eigenvalue weighted by Crippen LogP contribution is 2.43. The summed E-state index contributed by atoms with van der Waals surface area (Å²) in [5.41, 5.74) is 6.71. The molecular weight excluding hydrogens is 534 g/mol. The number of Topliss-reactive ketones (excluding diaryl/α,β-unsaturated/α-hetero) is 1. The van der Waals surface area contributed by atoms with Crippen molar-refractivity contribution in [3.8, 4) is 10.6 Å². The van der Waals surface area contributed by atoms with Crippen molar-refractivity contribution in [3.63, 3.8) is 0 Å². The maximum atomic E-state index is 14.2. The van der Waals surface area contributed by atoms with Crippen LogP contribution < -0.4 is 9.80 Å². The first-order valence-electron chi connectivity index (χ1n) is 13.2. The lowest BCUT2D eigenvalue weighted by Crippen LogP contribution is -2.32. The third-order valence-electron chi connectivity index (χ3n) is 7.51. The predicted octanol–water partition coefficient (Wildman–Crippen LogP) is 6.46. The van der Waals surface area contributed by atoms with Crippen molar-refractivity contribution in [2.45, 2.75) is 26.8 Å². The van der Waals surface area contributed by atoms with Gasteiger partial charge in [-0.05, 0) is 61.7 Å². The van der Waals surface area contributed by atoms with Crippen LogP contribution in [0.3, 0.4) is 0 Å². The van der Waals surface area contributed by atoms with Gasteiger partial charge in [-0.3, -0.25) is 14.5 Å². The fraction of sp³-hybridized carbons (Fsp3) is 0.188. The Balaban J connectivity index is 1.49. The number of ketones is 1. The summed E-state index contributed by atoms with van der Waals surface area (Å²) in [6.45, 7) is 5.79. The number of benzene rings is 3. The molecule has 0 saturated carbocycles. The number of hydrogen-bond acceptors (Lipinski definition) is 7. The molecule has 41 heavy (non-hydrogen) atoms. The number of rotatable bonds is 6. The maximum Gasteiger partial charge on any atom is 0.296 e. The van der Waals surface area contributed by atoms with Crippen LogP contribution in [0.5, 0.6) is 0 Å². The number of H-pyrrole nitrogens is 1. The third kappa shape index (κ3) is 4.48. The lowest BCUT2D eigenvalue weighted by Gasteiger charge is -2.25. The third-order valence-corrected chi connectivity index (χ3v) is 8.72. The van der Waals surface area contributed by atoms with Gasteiger partial charge in [0.05, 0.1) is 33.2 Å². The molecule has 1 aliphatic rings. The number of carbonyl (C=O) groups excluding carboxylic acids is 2. The smallest absolute Gasteiger partial charge is 0.296 e. The Kier molecular flexibility index (Phi) is 6.46. The molecule has 206 valence electrons. The number of fused-ring (bicyclic) bond motifs is 1. The minimum absolute atomic E-state index is 0.00628. The van der Waals surface area contributed by atoms with Gasteiger partial charge < -0.3 is 15.0 Å². The van der Waals surface area contributed by atoms with Crippen LogP contribution in [0.25, 0.3) is 21.6 Å². The summed E-state index contributed by atoms with van der Waals surface area (Å²) in [6, 6.07) is 20.3. The van der Waals surface area contributed by atoms with Gasteiger partial charge in [-0.1, -0.05) is 42.5 Å². The Hall–Kier alpha value is -4.76. The first kappa shape index (κ1) is 26.5. The minimum Gasteiger partial charge on any atom is -0.503 e. The molecule has 0 bridgehead atoms. The lowest BCUT2D eigenvalue weighted by atomic mass is 9.95. The number of hydrogen-bond donors (Lipinski definition) is 2. The summed E-state index contributed by atoms with van der Waals surface area (Å²) < 4.78 is 0. The number of nitrogens with zero attached hydrogens (tertiary/aromatic N) is 4. The topological polar surface area (TPSA) is 102 Å². The fourth-order valence-electron chi connectivity index (χ4n) is 5.13. The molecule has 0 fully saturated rings. The zero-order valence-corrected chi connectivity index (χ0v) is 24.2. The van der Waals surface area contributed by atoms with Crippen LogP contribution in [0, 0.1) is 20.8 Å². The monoisotopic (exact) mass is 563 g/mol. The van der Waals surface area contributed by atoms with Gasteiger partial charge in [0, 0.05) is 25.3 Å². The van der Waals surface area contributed by atoms with Crippen LogP contribution in [0.2, 0.25) is 0 Å². The van der Waals surface area contributed by atoms with Gasteiger partial charge in [-0.25, -0.2) is 9.97 Å². The Morgan fingerprint density at radius 3 is 2.34 bits per heavy atom. The number of aryl methyl sites for hydroxylation is 3. The Bertz CT molecular complexity index is 1810. The summed E-state index contributed by atoms with van der Waals surface area (Å²) in [5.74, 6) is -1.44. The molecule has 1 atom stereocenters. The quantitative estimate of drug-likeness (QED) is 0.230. The van der Waals surface area contributed by atoms with E-state index in [2.05, 4.69) is 9.97 Å². The van der Waals surface area contributed by atoms with Gasteiger partial charge >= 0.3 is 0 Å². The molecule has 9 heteroatoms. The number of imidazole rings is 1. The van der Waals surface area contributed by atoms with Crippen molar-refractivity contribution >= 4 is 45.7 Å². The normalized spacial score (nSPS) is 15.3. The second kappa shape index (κ2) is 10.0. The molecule has 2 aromatic heterocycles. The molecule has 0 saturated heterocycles. The highest BCUT2D eigenvalue weighted by atomic mass is 32.1. The van der Waals surface area contributed by atoms with E-state index < -0.39 is 23.5 Å². The summed E-state index contributed by atoms with van der Waals surface area (Å²) >= 11 is 1.25. The van der Waals surface area contributed by atoms with E-state index in [1.807, 2.05) is 99.6 Å². The van der Waals surface area contributed by atoms with Crippen LogP contribution in [-0.4, -0.2) is 45.8 Å². The zero-order valence-electron chi connectivity index (χ0n) is 23.4. The highest BCUT2D eigenvalue weighted by molar-refractivity contribution is 7.17. The van der Waals surface area contributed by atoms with Crippen LogP contribution in [0.4, 0.5) is 11.6 Å². The molecule has 8 nitrogen and oxygen atoms in total. The molecule has 1 aliphatic heterocycles. The van der Waals surface area contributed by atoms with Crippen LogP contribution in [0.1, 0.15) is 38.1 Å². The fourth-order valence-corrected chi connectivity index (χ4v) is 6.16. The van der Waals surface area contributed by atoms with Crippen molar-refractivity contribution in [1.82, 2.24) is 15.0 Å². The number of nitrogens with one attached hydrogen (secondary N) is 1. The van der Waals surface area contributed by atoms with Crippen molar-refractivity contribution in [2.75, 3.05) is 23.9 Å². The molecule has 1 unspecified atom stereocenters. The van der Waals surface area contributed by atoms with Crippen molar-refractivity contribution in [3.05, 3.63) is 105 Å². The second-order valence-electron chi connectivity index (χ2n) is 10.5. The van der Waals surface area contributed by atoms with Gasteiger partial charge in [0.2, 0.25) is 11.7 Å². The van der Waals surface area contributed by atoms with E-state index in [1.54, 1.807) is 6.92 Å². The largest absolute Gasteiger partial charge is 0.503 e. The second-order valence-corrected chi connectivity index (χ2v) is 11.5. The number of carbonyl (C=O) groups is 2. The number of anilines is 2. The molecule has 1 amide bonds. The summed E-state index contributed by atoms with van der Waals surface area (Å²) in [6.07, 6.45) is 0. The lowest BCUT2D eigenvalue weighted by molar-refractivity contribution is -0.117. The SMILES string of the molecule is Cc1cc2nc(N3C(=O)C(O)=C(C(=O)c4sc(-c5ccccc5)nc4C)C3c3ccc(N(C)C)cc3)[nH]c2cc1C. The Morgan fingerprint density at radius 1 is 0.976 bits per heavy atom. The number of thiazole rings is 1. The van der Waals surface area contributed by atoms with E-state index in [1.165, 1.54) is 16.2 Å². The average Bonchev–Trinajstić information content (AvgIpc) is 3.62. The maximum absolute atomic E-state index is 14.2. The molecule has 3 aromatic carbocycles. The molecule has 0 radical (unpaired) electrons. The molecule has 0 aliphatic carbocycles. The number of aromatic nitrogens is 3. The summed E-state index contributed by atoms with van der Waals surface area (Å²) in [7, 11) is 3.88. The average molecular weight is 564 g/mol. The molecular formula is C32H29N5O3S. The Labute approximate surface area is 241 Å². The molecule has 2 N–H and O–H groups in total. The van der Waals surface area contributed by atoms with E-state index >= 15 is 0 Å². The molecule has 0 spiro atoms.